The molecule has 6 atom stereocenters. The predicted molar refractivity (Wildman–Crippen MR) is 340 cm³/mol. The highest BCUT2D eigenvalue weighted by molar-refractivity contribution is 5.96. The number of aliphatic hydroxyl groups is 3. The van der Waals surface area contributed by atoms with Crippen molar-refractivity contribution in [3.05, 3.63) is 138 Å². The molecule has 0 bridgehead atoms. The van der Waals surface area contributed by atoms with Crippen LogP contribution in [0.4, 0.5) is 31.4 Å². The molecule has 1 aromatic heterocycles. The van der Waals surface area contributed by atoms with Crippen molar-refractivity contribution < 1.29 is 82.6 Å². The Morgan fingerprint density at radius 3 is 2.14 bits per heavy atom. The summed E-state index contributed by atoms with van der Waals surface area (Å²) >= 11 is 0. The summed E-state index contributed by atoms with van der Waals surface area (Å²) in [5, 5.41) is 58.7. The Hall–Kier alpha value is -9.21. The Balaban J connectivity index is 0.826. The van der Waals surface area contributed by atoms with Gasteiger partial charge < -0.3 is 70.9 Å². The number of carboxylic acid groups (broad SMARTS) is 1. The maximum atomic E-state index is 13.7. The van der Waals surface area contributed by atoms with Crippen molar-refractivity contribution in [2.75, 3.05) is 55.8 Å². The molecule has 498 valence electrons. The van der Waals surface area contributed by atoms with Crippen molar-refractivity contribution in [3.63, 3.8) is 0 Å². The van der Waals surface area contributed by atoms with E-state index in [-0.39, 0.29) is 91.3 Å². The van der Waals surface area contributed by atoms with Gasteiger partial charge in [0, 0.05) is 86.4 Å². The third kappa shape index (κ3) is 20.1. The number of aromatic nitrogens is 1. The zero-order chi connectivity index (χ0) is 66.2. The molecule has 0 radical (unpaired) electrons. The minimum Gasteiger partial charge on any atom is -0.479 e. The van der Waals surface area contributed by atoms with Crippen LogP contribution in [0.25, 0.3) is 11.1 Å². The molecule has 10 N–H and O–H groups in total. The Morgan fingerprint density at radius 1 is 0.699 bits per heavy atom. The van der Waals surface area contributed by atoms with E-state index in [9.17, 15) is 58.8 Å². The zero-order valence-electron chi connectivity index (χ0n) is 52.2. The molecule has 26 nitrogen and oxygen atoms in total. The molecule has 8 amide bonds. The number of likely N-dealkylation sites (N-methyl/N-ethyl adjacent to an activating group) is 1. The van der Waals surface area contributed by atoms with E-state index in [0.717, 1.165) is 80.0 Å². The number of unbranched alkanes of at least 4 members (excludes halogenated alkanes) is 4. The van der Waals surface area contributed by atoms with E-state index in [1.165, 1.54) is 34.2 Å². The highest BCUT2D eigenvalue weighted by atomic mass is 16.7. The van der Waals surface area contributed by atoms with Gasteiger partial charge in [-0.05, 0) is 96.8 Å². The van der Waals surface area contributed by atoms with Crippen molar-refractivity contribution in [1.82, 2.24) is 30.9 Å². The molecule has 2 aliphatic carbocycles. The fourth-order valence-electron chi connectivity index (χ4n) is 11.2. The first-order chi connectivity index (χ1) is 45.0. The van der Waals surface area contributed by atoms with Crippen LogP contribution in [-0.2, 0) is 44.8 Å². The molecule has 3 aliphatic rings. The van der Waals surface area contributed by atoms with E-state index in [4.69, 9.17) is 23.8 Å². The standard InChI is InChI=1S/C67H83N9O17/c1-3-4-25-53(74-67(88)90-41-52-50-23-13-11-21-48(50)49-22-12-14-24-51(49)52)61(82)69-35-31-55(77)73-54-39-47(92-64-59(81)57(79)58(80)60(93-64)63(84)85)28-27-43(54)40-89-66(87)72-45-18-16-17-42(38-45)62(83)75(2)36-37-91-76(46-19-8-7-9-20-46)56(78)26-10-5-6-15-32-70-65(86)71-44-29-33-68-34-30-44/h11-14,16-18,21-24,27-30,33-34,38-39,46,52-53,57-60,64,79-81H,3-10,15,19-20,25-26,31-32,35-37,40-41H2,1-2H3,(H,69,82)(H,72,87)(H,73,77)(H,74,88)(H,84,85)(H2,68,70,71,86)/t53-,57-,58-,59+,60-,64+/m0/s1. The lowest BCUT2D eigenvalue weighted by Gasteiger charge is -2.38. The Labute approximate surface area is 539 Å². The van der Waals surface area contributed by atoms with Crippen molar-refractivity contribution in [2.45, 2.75) is 152 Å². The molecule has 2 fully saturated rings. The molecule has 26 heteroatoms. The number of benzene rings is 4. The summed E-state index contributed by atoms with van der Waals surface area (Å²) in [6, 6.07) is 28.0. The van der Waals surface area contributed by atoms with Gasteiger partial charge in [-0.25, -0.2) is 24.2 Å². The van der Waals surface area contributed by atoms with Gasteiger partial charge >= 0.3 is 24.2 Å². The number of nitrogens with one attached hydrogen (secondary N) is 6. The minimum absolute atomic E-state index is 0.00277. The first-order valence-electron chi connectivity index (χ1n) is 31.6. The second-order valence-corrected chi connectivity index (χ2v) is 23.1. The number of carboxylic acids is 1. The lowest BCUT2D eigenvalue weighted by Crippen LogP contribution is -2.61. The number of urea groups is 1. The molecule has 93 heavy (non-hydrogen) atoms. The van der Waals surface area contributed by atoms with Gasteiger partial charge in [-0.1, -0.05) is 106 Å². The maximum absolute atomic E-state index is 13.7. The van der Waals surface area contributed by atoms with Crippen LogP contribution in [0.3, 0.4) is 0 Å². The molecular weight excluding hydrogens is 1200 g/mol. The van der Waals surface area contributed by atoms with Gasteiger partial charge in [0.25, 0.3) is 5.91 Å². The fraction of sp³-hybridized carbons (Fsp3) is 0.448. The lowest BCUT2D eigenvalue weighted by atomic mass is 9.95. The smallest absolute Gasteiger partial charge is 0.411 e. The third-order valence-electron chi connectivity index (χ3n) is 16.3. The number of aliphatic hydroxyl groups excluding tert-OH is 3. The van der Waals surface area contributed by atoms with Crippen LogP contribution in [0.15, 0.2) is 116 Å². The summed E-state index contributed by atoms with van der Waals surface area (Å²) in [7, 11) is 1.59. The predicted octanol–water partition coefficient (Wildman–Crippen LogP) is 7.58. The summed E-state index contributed by atoms with van der Waals surface area (Å²) in [5.74, 6) is -3.67. The van der Waals surface area contributed by atoms with E-state index in [1.807, 2.05) is 55.5 Å². The van der Waals surface area contributed by atoms with Crippen LogP contribution in [-0.4, -0.2) is 166 Å². The van der Waals surface area contributed by atoms with E-state index in [2.05, 4.69) is 36.9 Å². The molecule has 1 saturated carbocycles. The van der Waals surface area contributed by atoms with Gasteiger partial charge in [-0.15, -0.1) is 0 Å². The second-order valence-electron chi connectivity index (χ2n) is 23.1. The summed E-state index contributed by atoms with van der Waals surface area (Å²) in [4.78, 5) is 117. The average Bonchev–Trinajstić information content (AvgIpc) is 1.69. The number of anilines is 3. The highest BCUT2D eigenvalue weighted by Crippen LogP contribution is 2.44. The highest BCUT2D eigenvalue weighted by Gasteiger charge is 2.48. The summed E-state index contributed by atoms with van der Waals surface area (Å²) in [5.41, 5.74) is 5.46. The number of nitrogens with zero attached hydrogens (tertiary/aromatic N) is 3. The van der Waals surface area contributed by atoms with Crippen LogP contribution in [0.2, 0.25) is 0 Å². The SMILES string of the molecule is CCCC[C@H](NC(=O)OCC1c2ccccc2-c2ccccc21)C(=O)NCCC(=O)Nc1cc(O[C@@H]2O[C@H](C(=O)O)[C@@H](O)[C@H](O)[C@H]2O)ccc1COC(=O)Nc1cccc(C(=O)N(C)CCON(C(=O)CCCCCCNC(=O)Nc2ccncc2)C2CCCCC2)c1. The van der Waals surface area contributed by atoms with Gasteiger partial charge in [0.2, 0.25) is 24.0 Å². The lowest BCUT2D eigenvalue weighted by molar-refractivity contribution is -0.271. The van der Waals surface area contributed by atoms with E-state index in [0.29, 0.717) is 31.5 Å². The Morgan fingerprint density at radius 2 is 1.42 bits per heavy atom. The first-order valence-corrected chi connectivity index (χ1v) is 31.6. The number of carbonyl (C=O) groups excluding carboxylic acids is 7. The number of alkyl carbamates (subject to hydrolysis) is 1. The van der Waals surface area contributed by atoms with Gasteiger partial charge in [-0.2, -0.15) is 0 Å². The summed E-state index contributed by atoms with van der Waals surface area (Å²) < 4.78 is 22.3. The molecule has 0 spiro atoms. The molecule has 5 aromatic rings. The topological polar surface area (TPSA) is 355 Å². The number of fused-ring (bicyclic) bond motifs is 3. The van der Waals surface area contributed by atoms with Gasteiger partial charge in [0.1, 0.15) is 43.3 Å². The second kappa shape index (κ2) is 35.0. The Kier molecular flexibility index (Phi) is 26.2. The molecule has 4 aromatic carbocycles. The normalized spacial score (nSPS) is 17.9. The maximum Gasteiger partial charge on any atom is 0.411 e. The van der Waals surface area contributed by atoms with Crippen LogP contribution >= 0.6 is 0 Å². The number of hydroxylamine groups is 2. The number of ether oxygens (including phenoxy) is 4. The molecule has 0 unspecified atom stereocenters. The van der Waals surface area contributed by atoms with Crippen molar-refractivity contribution in [3.8, 4) is 16.9 Å². The molecule has 2 heterocycles. The fourth-order valence-corrected chi connectivity index (χ4v) is 11.2. The summed E-state index contributed by atoms with van der Waals surface area (Å²) in [6.45, 7) is 2.00. The minimum atomic E-state index is -1.99. The molecule has 8 rings (SSSR count). The quantitative estimate of drug-likeness (QED) is 0.0151. The Bertz CT molecular complexity index is 3310. The van der Waals surface area contributed by atoms with E-state index < -0.39 is 79.2 Å². The number of pyridine rings is 1. The van der Waals surface area contributed by atoms with Gasteiger partial charge in [0.05, 0.1) is 18.3 Å². The number of hydrogen-bond donors (Lipinski definition) is 10. The number of carbonyl (C=O) groups is 8. The van der Waals surface area contributed by atoms with Crippen LogP contribution in [0.5, 0.6) is 5.75 Å². The average molecular weight is 1290 g/mol. The van der Waals surface area contributed by atoms with Crippen molar-refractivity contribution >= 4 is 64.9 Å². The number of amides is 8. The number of aliphatic carboxylic acids is 1. The monoisotopic (exact) mass is 1290 g/mol. The van der Waals surface area contributed by atoms with Crippen LogP contribution in [0, 0.1) is 0 Å². The number of rotatable bonds is 31. The van der Waals surface area contributed by atoms with E-state index >= 15 is 0 Å². The molecular formula is C67H83N9O17. The largest absolute Gasteiger partial charge is 0.479 e. The zero-order valence-corrected chi connectivity index (χ0v) is 52.2. The summed E-state index contributed by atoms with van der Waals surface area (Å²) in [6.07, 6.45) is 1.06. The number of hydrogen-bond acceptors (Lipinski definition) is 17. The van der Waals surface area contributed by atoms with Crippen LogP contribution < -0.4 is 36.6 Å². The first kappa shape index (κ1) is 69.7. The van der Waals surface area contributed by atoms with Gasteiger partial charge in [0.15, 0.2) is 6.10 Å². The van der Waals surface area contributed by atoms with Crippen LogP contribution in [0.1, 0.15) is 130 Å². The third-order valence-corrected chi connectivity index (χ3v) is 16.3. The van der Waals surface area contributed by atoms with E-state index in [1.54, 1.807) is 49.8 Å². The molecule has 1 aliphatic heterocycles. The van der Waals surface area contributed by atoms with Crippen molar-refractivity contribution in [2.24, 2.45) is 0 Å². The molecule has 1 saturated heterocycles. The van der Waals surface area contributed by atoms with Gasteiger partial charge in [-0.3, -0.25) is 34.3 Å². The van der Waals surface area contributed by atoms with Crippen molar-refractivity contribution in [1.29, 1.82) is 0 Å².